The molecule has 2 heterocycles. The van der Waals surface area contributed by atoms with E-state index in [9.17, 15) is 9.59 Å². The van der Waals surface area contributed by atoms with E-state index in [1.165, 1.54) is 0 Å². The second kappa shape index (κ2) is 8.36. The largest absolute Gasteiger partial charge is 0.486 e. The number of carboxylic acid groups (broad SMARTS) is 1. The van der Waals surface area contributed by atoms with Crippen LogP contribution in [0.1, 0.15) is 22.7 Å². The molecule has 3 aromatic rings. The molecule has 7 heteroatoms. The minimum atomic E-state index is -0.949. The van der Waals surface area contributed by atoms with Crippen molar-refractivity contribution in [2.24, 2.45) is 0 Å². The fourth-order valence-corrected chi connectivity index (χ4v) is 3.36. The van der Waals surface area contributed by atoms with Gasteiger partial charge in [0.05, 0.1) is 19.1 Å². The fraction of sp³-hybridized carbons (Fsp3) is 0.273. The third kappa shape index (κ3) is 4.57. The number of benzene rings is 2. The first-order valence-corrected chi connectivity index (χ1v) is 9.41. The number of fused-ring (bicyclic) bond motifs is 1. The fourth-order valence-electron chi connectivity index (χ4n) is 3.36. The van der Waals surface area contributed by atoms with Gasteiger partial charge in [0.2, 0.25) is 0 Å². The molecule has 0 saturated carbocycles. The van der Waals surface area contributed by atoms with E-state index >= 15 is 0 Å². The highest BCUT2D eigenvalue weighted by Gasteiger charge is 2.28. The van der Waals surface area contributed by atoms with Crippen LogP contribution >= 0.6 is 0 Å². The molecule has 1 N–H and O–H groups in total. The van der Waals surface area contributed by atoms with E-state index in [4.69, 9.17) is 19.0 Å². The van der Waals surface area contributed by atoms with E-state index < -0.39 is 12.1 Å². The smallest absolute Gasteiger partial charge is 0.306 e. The lowest BCUT2D eigenvalue weighted by molar-refractivity contribution is -0.141. The van der Waals surface area contributed by atoms with E-state index in [-0.39, 0.29) is 31.2 Å². The zero-order valence-corrected chi connectivity index (χ0v) is 15.7. The summed E-state index contributed by atoms with van der Waals surface area (Å²) in [6, 6.07) is 17.2. The maximum absolute atomic E-state index is 12.7. The van der Waals surface area contributed by atoms with Gasteiger partial charge in [-0.3, -0.25) is 9.59 Å². The Kier molecular flexibility index (Phi) is 5.48. The second-order valence-electron chi connectivity index (χ2n) is 6.91. The highest BCUT2D eigenvalue weighted by Crippen LogP contribution is 2.22. The van der Waals surface area contributed by atoms with E-state index in [0.717, 1.165) is 16.5 Å². The number of carbonyl (C=O) groups is 2. The van der Waals surface area contributed by atoms with Crippen LogP contribution in [-0.4, -0.2) is 47.7 Å². The topological polar surface area (TPSA) is 89.2 Å². The van der Waals surface area contributed by atoms with Crippen LogP contribution in [0.2, 0.25) is 0 Å². The van der Waals surface area contributed by atoms with Crippen molar-refractivity contribution in [2.75, 3.05) is 19.7 Å². The quantitative estimate of drug-likeness (QED) is 0.689. The summed E-state index contributed by atoms with van der Waals surface area (Å²) < 4.78 is 16.8. The van der Waals surface area contributed by atoms with Crippen molar-refractivity contribution < 1.29 is 28.6 Å². The summed E-state index contributed by atoms with van der Waals surface area (Å²) >= 11 is 0. The first-order chi connectivity index (χ1) is 14.1. The molecule has 1 unspecified atom stereocenters. The molecule has 4 rings (SSSR count). The van der Waals surface area contributed by atoms with E-state index in [0.29, 0.717) is 18.9 Å². The number of nitrogens with zero attached hydrogens (tertiary/aromatic N) is 1. The molecule has 150 valence electrons. The van der Waals surface area contributed by atoms with Gasteiger partial charge in [0.15, 0.2) is 5.76 Å². The molecule has 0 spiro atoms. The number of hydrogen-bond donors (Lipinski definition) is 1. The lowest BCUT2D eigenvalue weighted by atomic mass is 10.1. The lowest BCUT2D eigenvalue weighted by Gasteiger charge is -2.31. The van der Waals surface area contributed by atoms with Crippen LogP contribution in [0.15, 0.2) is 59.0 Å². The molecule has 2 aromatic carbocycles. The van der Waals surface area contributed by atoms with Crippen molar-refractivity contribution >= 4 is 22.6 Å². The molecule has 7 nitrogen and oxygen atoms in total. The van der Waals surface area contributed by atoms with E-state index in [1.54, 1.807) is 17.0 Å². The molecular formula is C22H21NO6. The predicted octanol–water partition coefficient (Wildman–Crippen LogP) is 3.33. The van der Waals surface area contributed by atoms with Gasteiger partial charge in [0, 0.05) is 13.1 Å². The Labute approximate surface area is 167 Å². The summed E-state index contributed by atoms with van der Waals surface area (Å²) in [6.07, 6.45) is -0.636. The summed E-state index contributed by atoms with van der Waals surface area (Å²) in [5, 5.41) is 11.1. The standard InChI is InChI=1S/C22H21NO6/c24-21(25)12-19-13-23(9-10-27-19)22(26)20-8-7-18(29-20)14-28-17-6-5-15-3-1-2-4-16(15)11-17/h1-8,11,19H,9-10,12-14H2,(H,24,25). The van der Waals surface area contributed by atoms with Crippen molar-refractivity contribution in [2.45, 2.75) is 19.1 Å². The van der Waals surface area contributed by atoms with Crippen LogP contribution in [0.25, 0.3) is 10.8 Å². The highest BCUT2D eigenvalue weighted by molar-refractivity contribution is 5.91. The third-order valence-electron chi connectivity index (χ3n) is 4.80. The second-order valence-corrected chi connectivity index (χ2v) is 6.91. The maximum atomic E-state index is 12.7. The van der Waals surface area contributed by atoms with Gasteiger partial charge in [-0.2, -0.15) is 0 Å². The van der Waals surface area contributed by atoms with Gasteiger partial charge >= 0.3 is 5.97 Å². The van der Waals surface area contributed by atoms with Crippen LogP contribution in [0.5, 0.6) is 5.75 Å². The van der Waals surface area contributed by atoms with Crippen LogP contribution in [0.3, 0.4) is 0 Å². The zero-order valence-electron chi connectivity index (χ0n) is 15.7. The minimum absolute atomic E-state index is 0.132. The minimum Gasteiger partial charge on any atom is -0.486 e. The van der Waals surface area contributed by atoms with Gasteiger partial charge in [-0.25, -0.2) is 0 Å². The molecule has 1 atom stereocenters. The van der Waals surface area contributed by atoms with Crippen molar-refractivity contribution in [1.29, 1.82) is 0 Å². The average Bonchev–Trinajstić information content (AvgIpc) is 3.20. The van der Waals surface area contributed by atoms with Gasteiger partial charge in [0.1, 0.15) is 18.1 Å². The third-order valence-corrected chi connectivity index (χ3v) is 4.80. The van der Waals surface area contributed by atoms with Crippen molar-refractivity contribution in [3.63, 3.8) is 0 Å². The molecule has 1 aliphatic rings. The Morgan fingerprint density at radius 2 is 1.93 bits per heavy atom. The Hall–Kier alpha value is -3.32. The van der Waals surface area contributed by atoms with Crippen molar-refractivity contribution in [1.82, 2.24) is 4.90 Å². The molecule has 1 fully saturated rings. The Bertz CT molecular complexity index is 1030. The number of hydrogen-bond acceptors (Lipinski definition) is 5. The SMILES string of the molecule is O=C(O)CC1CN(C(=O)c2ccc(COc3ccc4ccccc4c3)o2)CCO1. The van der Waals surface area contributed by atoms with Crippen LogP contribution in [-0.2, 0) is 16.1 Å². The van der Waals surface area contributed by atoms with E-state index in [2.05, 4.69) is 0 Å². The number of morpholine rings is 1. The van der Waals surface area contributed by atoms with Gasteiger partial charge < -0.3 is 23.9 Å². The van der Waals surface area contributed by atoms with Crippen molar-refractivity contribution in [3.05, 3.63) is 66.1 Å². The maximum Gasteiger partial charge on any atom is 0.306 e. The molecule has 1 aromatic heterocycles. The number of carboxylic acids is 1. The zero-order chi connectivity index (χ0) is 20.2. The van der Waals surface area contributed by atoms with Gasteiger partial charge in [-0.05, 0) is 35.0 Å². The number of aliphatic carboxylic acids is 1. The summed E-state index contributed by atoms with van der Waals surface area (Å²) in [7, 11) is 0. The molecular weight excluding hydrogens is 374 g/mol. The number of amides is 1. The van der Waals surface area contributed by atoms with Crippen molar-refractivity contribution in [3.8, 4) is 5.75 Å². The number of carbonyl (C=O) groups excluding carboxylic acids is 1. The summed E-state index contributed by atoms with van der Waals surface area (Å²) in [5.74, 6) is 0.240. The molecule has 1 amide bonds. The molecule has 0 aliphatic carbocycles. The van der Waals surface area contributed by atoms with Gasteiger partial charge in [-0.1, -0.05) is 30.3 Å². The number of furan rings is 1. The van der Waals surface area contributed by atoms with Gasteiger partial charge in [-0.15, -0.1) is 0 Å². The first kappa shape index (κ1) is 19.0. The molecule has 1 saturated heterocycles. The monoisotopic (exact) mass is 395 g/mol. The summed E-state index contributed by atoms with van der Waals surface area (Å²) in [4.78, 5) is 25.1. The molecule has 29 heavy (non-hydrogen) atoms. The number of ether oxygens (including phenoxy) is 2. The predicted molar refractivity (Wildman–Crippen MR) is 105 cm³/mol. The average molecular weight is 395 g/mol. The molecule has 1 aliphatic heterocycles. The summed E-state index contributed by atoms with van der Waals surface area (Å²) in [5.41, 5.74) is 0. The molecule has 0 bridgehead atoms. The van der Waals surface area contributed by atoms with Crippen LogP contribution in [0, 0.1) is 0 Å². The Balaban J connectivity index is 1.37. The van der Waals surface area contributed by atoms with E-state index in [1.807, 2.05) is 42.5 Å². The highest BCUT2D eigenvalue weighted by atomic mass is 16.5. The Morgan fingerprint density at radius 3 is 2.76 bits per heavy atom. The Morgan fingerprint density at radius 1 is 1.10 bits per heavy atom. The molecule has 0 radical (unpaired) electrons. The number of rotatable bonds is 6. The lowest BCUT2D eigenvalue weighted by Crippen LogP contribution is -2.46. The summed E-state index contributed by atoms with van der Waals surface area (Å²) in [6.45, 7) is 1.14. The normalized spacial score (nSPS) is 16.7. The van der Waals surface area contributed by atoms with Gasteiger partial charge in [0.25, 0.3) is 5.91 Å². The first-order valence-electron chi connectivity index (χ1n) is 9.41. The van der Waals surface area contributed by atoms with Crippen LogP contribution in [0.4, 0.5) is 0 Å². The van der Waals surface area contributed by atoms with Crippen LogP contribution < -0.4 is 4.74 Å².